The van der Waals surface area contributed by atoms with Crippen molar-refractivity contribution >= 4 is 11.6 Å². The molecule has 0 spiro atoms. The molecule has 0 saturated heterocycles. The maximum Gasteiger partial charge on any atom is 0.259 e. The normalized spacial score (nSPS) is 11.8. The van der Waals surface area contributed by atoms with Gasteiger partial charge in [-0.25, -0.2) is 0 Å². The first-order valence-corrected chi connectivity index (χ1v) is 7.79. The van der Waals surface area contributed by atoms with Gasteiger partial charge in [0.05, 0.1) is 12.2 Å². The number of carbonyl (C=O) groups excluding carboxylic acids is 1. The van der Waals surface area contributed by atoms with Crippen molar-refractivity contribution in [3.63, 3.8) is 0 Å². The van der Waals surface area contributed by atoms with Crippen molar-refractivity contribution in [3.8, 4) is 5.75 Å². The van der Waals surface area contributed by atoms with Crippen LogP contribution in [-0.4, -0.2) is 12.5 Å². The van der Waals surface area contributed by atoms with E-state index in [-0.39, 0.29) is 5.91 Å². The van der Waals surface area contributed by atoms with Crippen LogP contribution < -0.4 is 10.1 Å². The first-order valence-electron chi connectivity index (χ1n) is 7.79. The average Bonchev–Trinajstić information content (AvgIpc) is 2.55. The fourth-order valence-electron chi connectivity index (χ4n) is 2.39. The van der Waals surface area contributed by atoms with Gasteiger partial charge in [0.25, 0.3) is 5.91 Å². The molecule has 1 atom stereocenters. The second kappa shape index (κ2) is 7.64. The lowest BCUT2D eigenvalue weighted by atomic mass is 9.96. The van der Waals surface area contributed by atoms with Gasteiger partial charge in [0.1, 0.15) is 5.75 Å². The van der Waals surface area contributed by atoms with E-state index < -0.39 is 0 Å². The summed E-state index contributed by atoms with van der Waals surface area (Å²) in [5, 5.41) is 3.02. The van der Waals surface area contributed by atoms with E-state index in [0.717, 1.165) is 17.7 Å². The van der Waals surface area contributed by atoms with Gasteiger partial charge in [-0.3, -0.25) is 4.79 Å². The summed E-state index contributed by atoms with van der Waals surface area (Å²) < 4.78 is 5.53. The molecule has 3 heteroatoms. The van der Waals surface area contributed by atoms with Gasteiger partial charge in [0, 0.05) is 5.69 Å². The van der Waals surface area contributed by atoms with Crippen LogP contribution in [0.1, 0.15) is 49.0 Å². The molecule has 116 valence electrons. The molecular weight excluding hydrogens is 274 g/mol. The Morgan fingerprint density at radius 1 is 1.09 bits per heavy atom. The Hall–Kier alpha value is -2.29. The first kappa shape index (κ1) is 16.1. The molecule has 0 saturated carbocycles. The maximum absolute atomic E-state index is 12.6. The number of hydrogen-bond donors (Lipinski definition) is 1. The lowest BCUT2D eigenvalue weighted by Gasteiger charge is -2.16. The molecule has 1 N–H and O–H groups in total. The maximum atomic E-state index is 12.6. The molecule has 1 amide bonds. The van der Waals surface area contributed by atoms with E-state index in [4.69, 9.17) is 4.74 Å². The van der Waals surface area contributed by atoms with Crippen molar-refractivity contribution < 1.29 is 9.53 Å². The Labute approximate surface area is 132 Å². The average molecular weight is 297 g/mol. The lowest BCUT2D eigenvalue weighted by molar-refractivity contribution is 0.102. The van der Waals surface area contributed by atoms with E-state index in [1.54, 1.807) is 6.07 Å². The van der Waals surface area contributed by atoms with Gasteiger partial charge in [-0.15, -0.1) is 0 Å². The fraction of sp³-hybridized carbons (Fsp3) is 0.316. The van der Waals surface area contributed by atoms with E-state index in [1.807, 2.05) is 43.3 Å². The summed E-state index contributed by atoms with van der Waals surface area (Å²) >= 11 is 0. The molecule has 0 radical (unpaired) electrons. The number of anilines is 1. The number of rotatable bonds is 6. The third kappa shape index (κ3) is 3.67. The van der Waals surface area contributed by atoms with Crippen LogP contribution in [0.15, 0.2) is 48.5 Å². The molecule has 0 fully saturated rings. The zero-order valence-corrected chi connectivity index (χ0v) is 13.4. The summed E-state index contributed by atoms with van der Waals surface area (Å²) in [5.74, 6) is 0.877. The summed E-state index contributed by atoms with van der Waals surface area (Å²) in [6.45, 7) is 6.76. The van der Waals surface area contributed by atoms with Gasteiger partial charge in [-0.1, -0.05) is 44.2 Å². The Bertz CT molecular complexity index is 637. The number of nitrogens with one attached hydrogen (secondary N) is 1. The number of ether oxygens (including phenoxy) is 1. The van der Waals surface area contributed by atoms with Gasteiger partial charge in [-0.05, 0) is 43.0 Å². The minimum Gasteiger partial charge on any atom is -0.493 e. The van der Waals surface area contributed by atoms with Crippen molar-refractivity contribution in [1.82, 2.24) is 0 Å². The Kier molecular flexibility index (Phi) is 5.59. The molecule has 22 heavy (non-hydrogen) atoms. The van der Waals surface area contributed by atoms with Gasteiger partial charge >= 0.3 is 0 Å². The molecule has 0 aromatic heterocycles. The second-order valence-corrected chi connectivity index (χ2v) is 5.28. The van der Waals surface area contributed by atoms with Crippen LogP contribution in [0.4, 0.5) is 5.69 Å². The molecule has 0 heterocycles. The third-order valence-corrected chi connectivity index (χ3v) is 3.78. The Morgan fingerprint density at radius 3 is 2.50 bits per heavy atom. The highest BCUT2D eigenvalue weighted by Crippen LogP contribution is 2.27. The molecule has 0 aliphatic heterocycles. The summed E-state index contributed by atoms with van der Waals surface area (Å²) in [5.41, 5.74) is 2.59. The monoisotopic (exact) mass is 297 g/mol. The summed E-state index contributed by atoms with van der Waals surface area (Å²) in [6, 6.07) is 15.3. The van der Waals surface area contributed by atoms with Crippen molar-refractivity contribution in [3.05, 3.63) is 59.7 Å². The molecule has 2 aromatic carbocycles. The molecular formula is C19H23NO2. The second-order valence-electron chi connectivity index (χ2n) is 5.28. The minimum atomic E-state index is -0.139. The summed E-state index contributed by atoms with van der Waals surface area (Å²) in [7, 11) is 0. The number of para-hydroxylation sites is 2. The van der Waals surface area contributed by atoms with Crippen LogP contribution >= 0.6 is 0 Å². The Morgan fingerprint density at radius 2 is 1.77 bits per heavy atom. The van der Waals surface area contributed by atoms with E-state index in [9.17, 15) is 4.79 Å². The quantitative estimate of drug-likeness (QED) is 0.827. The molecule has 2 aromatic rings. The molecule has 3 nitrogen and oxygen atoms in total. The highest BCUT2D eigenvalue weighted by Gasteiger charge is 2.15. The molecule has 0 aliphatic rings. The van der Waals surface area contributed by atoms with Crippen LogP contribution in [0.25, 0.3) is 0 Å². The van der Waals surface area contributed by atoms with E-state index in [2.05, 4.69) is 25.2 Å². The third-order valence-electron chi connectivity index (χ3n) is 3.78. The fourth-order valence-corrected chi connectivity index (χ4v) is 2.39. The molecule has 2 rings (SSSR count). The van der Waals surface area contributed by atoms with Crippen LogP contribution in [-0.2, 0) is 0 Å². The van der Waals surface area contributed by atoms with Crippen LogP contribution in [0.5, 0.6) is 5.75 Å². The van der Waals surface area contributed by atoms with E-state index in [0.29, 0.717) is 23.8 Å². The van der Waals surface area contributed by atoms with Gasteiger partial charge in [-0.2, -0.15) is 0 Å². The first-order chi connectivity index (χ1) is 10.7. The van der Waals surface area contributed by atoms with Gasteiger partial charge < -0.3 is 10.1 Å². The zero-order valence-electron chi connectivity index (χ0n) is 13.4. The Balaban J connectivity index is 2.27. The van der Waals surface area contributed by atoms with Gasteiger partial charge in [0.2, 0.25) is 0 Å². The lowest BCUT2D eigenvalue weighted by Crippen LogP contribution is -2.15. The molecule has 0 aliphatic carbocycles. The van der Waals surface area contributed by atoms with Gasteiger partial charge in [0.15, 0.2) is 0 Å². The largest absolute Gasteiger partial charge is 0.493 e. The summed E-state index contributed by atoms with van der Waals surface area (Å²) in [4.78, 5) is 12.6. The van der Waals surface area contributed by atoms with Crippen LogP contribution in [0, 0.1) is 0 Å². The van der Waals surface area contributed by atoms with E-state index in [1.165, 1.54) is 0 Å². The number of hydrogen-bond acceptors (Lipinski definition) is 2. The van der Waals surface area contributed by atoms with E-state index >= 15 is 0 Å². The number of benzene rings is 2. The summed E-state index contributed by atoms with van der Waals surface area (Å²) in [6.07, 6.45) is 1.03. The highest BCUT2D eigenvalue weighted by atomic mass is 16.5. The minimum absolute atomic E-state index is 0.139. The van der Waals surface area contributed by atoms with Crippen LogP contribution in [0.3, 0.4) is 0 Å². The number of carbonyl (C=O) groups is 1. The standard InChI is InChI=1S/C19H23NO2/c1-4-14(3)15-10-6-8-12-17(15)20-19(21)16-11-7-9-13-18(16)22-5-2/h6-14H,4-5H2,1-3H3,(H,20,21)/t14-/m0/s1. The SMILES string of the molecule is CCOc1ccccc1C(=O)Nc1ccccc1[C@@H](C)CC. The van der Waals surface area contributed by atoms with Crippen molar-refractivity contribution in [2.45, 2.75) is 33.1 Å². The molecule has 0 unspecified atom stereocenters. The topological polar surface area (TPSA) is 38.3 Å². The zero-order chi connectivity index (χ0) is 15.9. The van der Waals surface area contributed by atoms with Crippen molar-refractivity contribution in [2.24, 2.45) is 0 Å². The van der Waals surface area contributed by atoms with Crippen molar-refractivity contribution in [1.29, 1.82) is 0 Å². The molecule has 0 bridgehead atoms. The smallest absolute Gasteiger partial charge is 0.259 e. The number of amides is 1. The predicted octanol–water partition coefficient (Wildman–Crippen LogP) is 4.85. The van der Waals surface area contributed by atoms with Crippen molar-refractivity contribution in [2.75, 3.05) is 11.9 Å². The van der Waals surface area contributed by atoms with Crippen LogP contribution in [0.2, 0.25) is 0 Å². The highest BCUT2D eigenvalue weighted by molar-refractivity contribution is 6.06. The predicted molar refractivity (Wildman–Crippen MR) is 90.7 cm³/mol.